The van der Waals surface area contributed by atoms with Crippen LogP contribution in [0, 0.1) is 0 Å². The van der Waals surface area contributed by atoms with Gasteiger partial charge in [0.2, 0.25) is 0 Å². The molecule has 0 aromatic carbocycles. The van der Waals surface area contributed by atoms with Crippen LogP contribution in [0.4, 0.5) is 4.79 Å². The maximum absolute atomic E-state index is 12.3. The number of hydrogen-bond acceptors (Lipinski definition) is 3. The minimum Gasteiger partial charge on any atom is -0.322 e. The van der Waals surface area contributed by atoms with E-state index in [-0.39, 0.29) is 6.03 Å². The van der Waals surface area contributed by atoms with Crippen molar-refractivity contribution in [3.63, 3.8) is 0 Å². The molecular formula is C12H24N4O. The lowest BCUT2D eigenvalue weighted by molar-refractivity contribution is 0.0857. The molecule has 0 aromatic heterocycles. The highest BCUT2D eigenvalue weighted by Gasteiger charge is 2.29. The van der Waals surface area contributed by atoms with E-state index in [1.54, 1.807) is 0 Å². The Balaban J connectivity index is 1.90. The number of nitrogens with zero attached hydrogens (tertiary/aromatic N) is 3. The number of hydrogen-bond donors (Lipinski definition) is 1. The Kier molecular flexibility index (Phi) is 4.23. The van der Waals surface area contributed by atoms with Crippen molar-refractivity contribution < 1.29 is 4.79 Å². The van der Waals surface area contributed by atoms with Crippen molar-refractivity contribution in [2.75, 3.05) is 52.9 Å². The summed E-state index contributed by atoms with van der Waals surface area (Å²) in [5, 5.41) is 3.28. The monoisotopic (exact) mass is 240 g/mol. The van der Waals surface area contributed by atoms with Gasteiger partial charge in [-0.2, -0.15) is 0 Å². The number of carbonyl (C=O) groups is 1. The molecule has 2 amide bonds. The van der Waals surface area contributed by atoms with Crippen molar-refractivity contribution in [3.8, 4) is 0 Å². The average Bonchev–Trinajstić information content (AvgIpc) is 2.39. The second-order valence-electron chi connectivity index (χ2n) is 5.01. The summed E-state index contributed by atoms with van der Waals surface area (Å²) in [4.78, 5) is 18.7. The Morgan fingerprint density at radius 3 is 2.53 bits per heavy atom. The highest BCUT2D eigenvalue weighted by molar-refractivity contribution is 5.74. The average molecular weight is 240 g/mol. The van der Waals surface area contributed by atoms with Crippen molar-refractivity contribution in [2.45, 2.75) is 19.4 Å². The van der Waals surface area contributed by atoms with Gasteiger partial charge < -0.3 is 15.1 Å². The van der Waals surface area contributed by atoms with Gasteiger partial charge in [0.1, 0.15) is 0 Å². The molecule has 0 aliphatic carbocycles. The molecule has 2 aliphatic rings. The van der Waals surface area contributed by atoms with Crippen LogP contribution >= 0.6 is 0 Å². The van der Waals surface area contributed by atoms with Crippen LogP contribution in [0.2, 0.25) is 0 Å². The summed E-state index contributed by atoms with van der Waals surface area (Å²) in [5.41, 5.74) is 0. The normalized spacial score (nSPS) is 27.3. The smallest absolute Gasteiger partial charge is 0.320 e. The van der Waals surface area contributed by atoms with E-state index in [1.165, 1.54) is 0 Å². The minimum absolute atomic E-state index is 0.234. The van der Waals surface area contributed by atoms with Crippen molar-refractivity contribution >= 4 is 6.03 Å². The molecule has 5 heteroatoms. The number of urea groups is 1. The molecule has 17 heavy (non-hydrogen) atoms. The fourth-order valence-electron chi connectivity index (χ4n) is 2.62. The molecule has 2 rings (SSSR count). The summed E-state index contributed by atoms with van der Waals surface area (Å²) in [6.45, 7) is 8.50. The van der Waals surface area contributed by atoms with Gasteiger partial charge in [-0.05, 0) is 13.5 Å². The minimum atomic E-state index is 0.234. The summed E-state index contributed by atoms with van der Waals surface area (Å²) >= 11 is 0. The zero-order valence-corrected chi connectivity index (χ0v) is 11.0. The third-order valence-electron chi connectivity index (χ3n) is 3.91. The molecule has 2 aliphatic heterocycles. The zero-order valence-electron chi connectivity index (χ0n) is 11.0. The van der Waals surface area contributed by atoms with E-state index in [9.17, 15) is 4.79 Å². The first-order chi connectivity index (χ1) is 8.22. The van der Waals surface area contributed by atoms with Crippen LogP contribution in [0.3, 0.4) is 0 Å². The predicted molar refractivity (Wildman–Crippen MR) is 68.1 cm³/mol. The molecule has 1 atom stereocenters. The molecule has 5 nitrogen and oxygen atoms in total. The topological polar surface area (TPSA) is 38.8 Å². The largest absolute Gasteiger partial charge is 0.322 e. The quantitative estimate of drug-likeness (QED) is 0.703. The Morgan fingerprint density at radius 2 is 1.88 bits per heavy atom. The Morgan fingerprint density at radius 1 is 1.18 bits per heavy atom. The first-order valence-corrected chi connectivity index (χ1v) is 6.67. The SMILES string of the molecule is CCC1CN(C(=O)N2CCNCC2)CCN1C. The van der Waals surface area contributed by atoms with Gasteiger partial charge in [-0.15, -0.1) is 0 Å². The lowest BCUT2D eigenvalue weighted by atomic mass is 10.1. The predicted octanol–water partition coefficient (Wildman–Crippen LogP) is 0.0376. The number of amides is 2. The lowest BCUT2D eigenvalue weighted by Crippen LogP contribution is -2.58. The maximum Gasteiger partial charge on any atom is 0.320 e. The molecule has 2 fully saturated rings. The molecule has 1 N–H and O–H groups in total. The molecule has 0 saturated carbocycles. The summed E-state index contributed by atoms with van der Waals surface area (Å²) in [7, 11) is 2.15. The summed E-state index contributed by atoms with van der Waals surface area (Å²) in [5.74, 6) is 0. The number of rotatable bonds is 1. The third-order valence-corrected chi connectivity index (χ3v) is 3.91. The van der Waals surface area contributed by atoms with Crippen LogP contribution in [0.1, 0.15) is 13.3 Å². The van der Waals surface area contributed by atoms with Crippen LogP contribution < -0.4 is 5.32 Å². The standard InChI is InChI=1S/C12H24N4O/c1-3-11-10-16(9-8-14(11)2)12(17)15-6-4-13-5-7-15/h11,13H,3-10H2,1-2H3. The van der Waals surface area contributed by atoms with Crippen LogP contribution in [-0.4, -0.2) is 79.6 Å². The molecule has 98 valence electrons. The van der Waals surface area contributed by atoms with Crippen LogP contribution in [0.25, 0.3) is 0 Å². The molecule has 0 spiro atoms. The van der Waals surface area contributed by atoms with Crippen LogP contribution in [0.5, 0.6) is 0 Å². The molecule has 0 aromatic rings. The van der Waals surface area contributed by atoms with Crippen molar-refractivity contribution in [1.82, 2.24) is 20.0 Å². The zero-order chi connectivity index (χ0) is 12.3. The molecule has 2 heterocycles. The number of carbonyl (C=O) groups excluding carboxylic acids is 1. The molecule has 0 bridgehead atoms. The molecule has 1 unspecified atom stereocenters. The van der Waals surface area contributed by atoms with Gasteiger partial charge in [0.15, 0.2) is 0 Å². The van der Waals surface area contributed by atoms with E-state index in [4.69, 9.17) is 0 Å². The molecular weight excluding hydrogens is 216 g/mol. The Bertz CT molecular complexity index is 265. The molecule has 0 radical (unpaired) electrons. The van der Waals surface area contributed by atoms with E-state index in [0.717, 1.165) is 52.2 Å². The second-order valence-corrected chi connectivity index (χ2v) is 5.01. The van der Waals surface area contributed by atoms with E-state index in [1.807, 2.05) is 9.80 Å². The van der Waals surface area contributed by atoms with E-state index in [2.05, 4.69) is 24.2 Å². The summed E-state index contributed by atoms with van der Waals surface area (Å²) in [6.07, 6.45) is 1.11. The van der Waals surface area contributed by atoms with Gasteiger partial charge in [0, 0.05) is 51.9 Å². The van der Waals surface area contributed by atoms with Crippen molar-refractivity contribution in [1.29, 1.82) is 0 Å². The fourth-order valence-corrected chi connectivity index (χ4v) is 2.62. The Labute approximate surface area is 104 Å². The lowest BCUT2D eigenvalue weighted by Gasteiger charge is -2.41. The highest BCUT2D eigenvalue weighted by Crippen LogP contribution is 2.12. The van der Waals surface area contributed by atoms with Gasteiger partial charge in [-0.1, -0.05) is 6.92 Å². The van der Waals surface area contributed by atoms with Gasteiger partial charge in [-0.25, -0.2) is 4.79 Å². The van der Waals surface area contributed by atoms with E-state index in [0.29, 0.717) is 6.04 Å². The van der Waals surface area contributed by atoms with Gasteiger partial charge >= 0.3 is 6.03 Å². The summed E-state index contributed by atoms with van der Waals surface area (Å²) in [6, 6.07) is 0.758. The van der Waals surface area contributed by atoms with Crippen LogP contribution in [-0.2, 0) is 0 Å². The summed E-state index contributed by atoms with van der Waals surface area (Å²) < 4.78 is 0. The van der Waals surface area contributed by atoms with Crippen LogP contribution in [0.15, 0.2) is 0 Å². The van der Waals surface area contributed by atoms with Gasteiger partial charge in [0.05, 0.1) is 0 Å². The number of nitrogens with one attached hydrogen (secondary N) is 1. The van der Waals surface area contributed by atoms with Crippen molar-refractivity contribution in [3.05, 3.63) is 0 Å². The fraction of sp³-hybridized carbons (Fsp3) is 0.917. The number of likely N-dealkylation sites (N-methyl/N-ethyl adjacent to an activating group) is 1. The van der Waals surface area contributed by atoms with Gasteiger partial charge in [-0.3, -0.25) is 4.90 Å². The third kappa shape index (κ3) is 2.90. The molecule has 2 saturated heterocycles. The maximum atomic E-state index is 12.3. The highest BCUT2D eigenvalue weighted by atomic mass is 16.2. The van der Waals surface area contributed by atoms with E-state index >= 15 is 0 Å². The van der Waals surface area contributed by atoms with Gasteiger partial charge in [0.25, 0.3) is 0 Å². The Hall–Kier alpha value is -0.810. The second kappa shape index (κ2) is 5.69. The first kappa shape index (κ1) is 12.6. The number of piperazine rings is 2. The first-order valence-electron chi connectivity index (χ1n) is 6.67. The van der Waals surface area contributed by atoms with Crippen molar-refractivity contribution in [2.24, 2.45) is 0 Å². The van der Waals surface area contributed by atoms with E-state index < -0.39 is 0 Å².